The lowest BCUT2D eigenvalue weighted by molar-refractivity contribution is -0.137. The Balaban J connectivity index is 1.40. The molecule has 7 nitrogen and oxygen atoms in total. The first-order valence-corrected chi connectivity index (χ1v) is 10.3. The number of aromatic nitrogens is 2. The molecule has 2 N–H and O–H groups in total. The van der Waals surface area contributed by atoms with E-state index >= 15 is 0 Å². The van der Waals surface area contributed by atoms with Gasteiger partial charge in [0.05, 0.1) is 11.3 Å². The summed E-state index contributed by atoms with van der Waals surface area (Å²) in [5, 5.41) is 5.40. The molecule has 1 saturated carbocycles. The van der Waals surface area contributed by atoms with Crippen LogP contribution in [0.25, 0.3) is 0 Å². The van der Waals surface area contributed by atoms with E-state index in [2.05, 4.69) is 20.6 Å². The highest BCUT2D eigenvalue weighted by Gasteiger charge is 2.32. The molecule has 2 fully saturated rings. The molecule has 0 spiro atoms. The molecule has 4 rings (SSSR count). The van der Waals surface area contributed by atoms with E-state index < -0.39 is 23.5 Å². The smallest absolute Gasteiger partial charge is 0.367 e. The minimum absolute atomic E-state index is 0.0325. The fourth-order valence-electron chi connectivity index (χ4n) is 3.62. The van der Waals surface area contributed by atoms with Gasteiger partial charge in [-0.3, -0.25) is 14.9 Å². The molecule has 1 aliphatic heterocycles. The van der Waals surface area contributed by atoms with Crippen LogP contribution in [0.15, 0.2) is 30.5 Å². The molecule has 1 saturated heterocycles. The van der Waals surface area contributed by atoms with Crippen LogP contribution in [0, 0.1) is 11.7 Å². The van der Waals surface area contributed by atoms with Crippen molar-refractivity contribution in [1.29, 1.82) is 0 Å². The van der Waals surface area contributed by atoms with Gasteiger partial charge in [0.25, 0.3) is 5.91 Å². The van der Waals surface area contributed by atoms with Gasteiger partial charge in [0, 0.05) is 31.2 Å². The van der Waals surface area contributed by atoms with Gasteiger partial charge in [0.2, 0.25) is 11.9 Å². The van der Waals surface area contributed by atoms with E-state index in [1.807, 2.05) is 0 Å². The largest absolute Gasteiger partial charge is 0.416 e. The Morgan fingerprint density at radius 1 is 1.12 bits per heavy atom. The third-order valence-corrected chi connectivity index (χ3v) is 5.44. The number of nitrogens with zero attached hydrogens (tertiary/aromatic N) is 3. The number of anilines is 2. The van der Waals surface area contributed by atoms with Crippen molar-refractivity contribution < 1.29 is 27.2 Å². The lowest BCUT2D eigenvalue weighted by atomic mass is 10.0. The van der Waals surface area contributed by atoms with E-state index in [0.29, 0.717) is 25.5 Å². The number of alkyl halides is 3. The minimum atomic E-state index is -4.62. The quantitative estimate of drug-likeness (QED) is 0.681. The van der Waals surface area contributed by atoms with E-state index in [0.717, 1.165) is 25.0 Å². The summed E-state index contributed by atoms with van der Waals surface area (Å²) >= 11 is 0. The predicted molar refractivity (Wildman–Crippen MR) is 107 cm³/mol. The van der Waals surface area contributed by atoms with Gasteiger partial charge in [-0.25, -0.2) is 14.4 Å². The molecule has 1 atom stereocenters. The SMILES string of the molecule is O=C(N[C@@H]1CCCN(c2ccc(C(F)(F)F)cc2F)C1)c1ccnc(NC(=O)C2CC2)n1. The molecule has 2 aliphatic rings. The van der Waals surface area contributed by atoms with Gasteiger partial charge in [-0.2, -0.15) is 13.2 Å². The van der Waals surface area contributed by atoms with Gasteiger partial charge in [0.15, 0.2) is 0 Å². The Kier molecular flexibility index (Phi) is 5.98. The zero-order chi connectivity index (χ0) is 22.9. The number of carbonyl (C=O) groups is 2. The molecular weight excluding hydrogens is 430 g/mol. The molecule has 32 heavy (non-hydrogen) atoms. The molecule has 0 bridgehead atoms. The number of amides is 2. The predicted octanol–water partition coefficient (Wildman–Crippen LogP) is 3.38. The van der Waals surface area contributed by atoms with E-state index in [4.69, 9.17) is 0 Å². The van der Waals surface area contributed by atoms with Gasteiger partial charge >= 0.3 is 6.18 Å². The summed E-state index contributed by atoms with van der Waals surface area (Å²) in [5.41, 5.74) is -0.915. The van der Waals surface area contributed by atoms with Crippen molar-refractivity contribution in [1.82, 2.24) is 15.3 Å². The number of nitrogens with one attached hydrogen (secondary N) is 2. The van der Waals surface area contributed by atoms with Crippen LogP contribution in [0.2, 0.25) is 0 Å². The highest BCUT2D eigenvalue weighted by Crippen LogP contribution is 2.33. The van der Waals surface area contributed by atoms with Gasteiger partial charge in [-0.05, 0) is 49.9 Å². The Labute approximate surface area is 181 Å². The Morgan fingerprint density at radius 3 is 2.59 bits per heavy atom. The first-order valence-electron chi connectivity index (χ1n) is 10.3. The summed E-state index contributed by atoms with van der Waals surface area (Å²) in [6, 6.07) is 3.51. The lowest BCUT2D eigenvalue weighted by Crippen LogP contribution is -2.48. The summed E-state index contributed by atoms with van der Waals surface area (Å²) in [7, 11) is 0. The number of hydrogen-bond acceptors (Lipinski definition) is 5. The summed E-state index contributed by atoms with van der Waals surface area (Å²) in [6.07, 6.45) is -0.354. The molecule has 2 heterocycles. The van der Waals surface area contributed by atoms with Crippen LogP contribution < -0.4 is 15.5 Å². The Morgan fingerprint density at radius 2 is 1.91 bits per heavy atom. The molecule has 170 valence electrons. The molecular formula is C21H21F4N5O2. The second kappa shape index (κ2) is 8.71. The second-order valence-corrected chi connectivity index (χ2v) is 7.95. The number of piperidine rings is 1. The van der Waals surface area contributed by atoms with E-state index in [-0.39, 0.29) is 41.7 Å². The molecule has 2 amide bonds. The van der Waals surface area contributed by atoms with E-state index in [9.17, 15) is 27.2 Å². The van der Waals surface area contributed by atoms with Gasteiger partial charge in [-0.1, -0.05) is 0 Å². The van der Waals surface area contributed by atoms with Crippen molar-refractivity contribution >= 4 is 23.5 Å². The number of carbonyl (C=O) groups excluding carboxylic acids is 2. The standard InChI is InChI=1S/C21H21F4N5O2/c22-15-10-13(21(23,24)25)5-6-17(15)30-9-1-2-14(11-30)27-19(32)16-7-8-26-20(28-16)29-18(31)12-3-4-12/h5-8,10,12,14H,1-4,9,11H2,(H,27,32)(H,26,28,29,31)/t14-/m1/s1. The molecule has 0 unspecified atom stereocenters. The van der Waals surface area contributed by atoms with Gasteiger partial charge < -0.3 is 10.2 Å². The average Bonchev–Trinajstić information content (AvgIpc) is 3.59. The average molecular weight is 451 g/mol. The van der Waals surface area contributed by atoms with Crippen LogP contribution in [-0.2, 0) is 11.0 Å². The van der Waals surface area contributed by atoms with Crippen LogP contribution in [0.1, 0.15) is 41.7 Å². The number of benzene rings is 1. The molecule has 2 aromatic rings. The third kappa shape index (κ3) is 5.14. The minimum Gasteiger partial charge on any atom is -0.367 e. The monoisotopic (exact) mass is 451 g/mol. The molecule has 0 radical (unpaired) electrons. The highest BCUT2D eigenvalue weighted by molar-refractivity contribution is 5.95. The zero-order valence-corrected chi connectivity index (χ0v) is 17.0. The fraction of sp³-hybridized carbons (Fsp3) is 0.429. The Bertz CT molecular complexity index is 1030. The van der Waals surface area contributed by atoms with Gasteiger partial charge in [-0.15, -0.1) is 0 Å². The first-order chi connectivity index (χ1) is 15.2. The number of hydrogen-bond donors (Lipinski definition) is 2. The van der Waals surface area contributed by atoms with Crippen LogP contribution >= 0.6 is 0 Å². The summed E-state index contributed by atoms with van der Waals surface area (Å²) in [5.74, 6) is -1.60. The fourth-order valence-corrected chi connectivity index (χ4v) is 3.62. The topological polar surface area (TPSA) is 87.2 Å². The van der Waals surface area contributed by atoms with Crippen molar-refractivity contribution in [2.45, 2.75) is 37.9 Å². The van der Waals surface area contributed by atoms with Crippen LogP contribution in [-0.4, -0.2) is 40.9 Å². The van der Waals surface area contributed by atoms with Crippen molar-refractivity contribution in [3.8, 4) is 0 Å². The normalized spacial score (nSPS) is 18.9. The second-order valence-electron chi connectivity index (χ2n) is 7.95. The van der Waals surface area contributed by atoms with Crippen molar-refractivity contribution in [2.75, 3.05) is 23.3 Å². The van der Waals surface area contributed by atoms with Crippen molar-refractivity contribution in [3.05, 3.63) is 47.5 Å². The molecule has 1 aromatic heterocycles. The maximum Gasteiger partial charge on any atom is 0.416 e. The lowest BCUT2D eigenvalue weighted by Gasteiger charge is -2.35. The van der Waals surface area contributed by atoms with E-state index in [1.54, 1.807) is 4.90 Å². The summed E-state index contributed by atoms with van der Waals surface area (Å²) in [6.45, 7) is 0.698. The van der Waals surface area contributed by atoms with Crippen LogP contribution in [0.5, 0.6) is 0 Å². The van der Waals surface area contributed by atoms with Gasteiger partial charge in [0.1, 0.15) is 11.5 Å². The summed E-state index contributed by atoms with van der Waals surface area (Å²) in [4.78, 5) is 34.1. The molecule has 1 aliphatic carbocycles. The van der Waals surface area contributed by atoms with Crippen molar-refractivity contribution in [3.63, 3.8) is 0 Å². The number of halogens is 4. The van der Waals surface area contributed by atoms with Crippen molar-refractivity contribution in [2.24, 2.45) is 5.92 Å². The van der Waals surface area contributed by atoms with Crippen LogP contribution in [0.3, 0.4) is 0 Å². The molecule has 1 aromatic carbocycles. The zero-order valence-electron chi connectivity index (χ0n) is 17.0. The maximum atomic E-state index is 14.3. The number of rotatable bonds is 5. The third-order valence-electron chi connectivity index (χ3n) is 5.44. The summed E-state index contributed by atoms with van der Waals surface area (Å²) < 4.78 is 52.7. The first kappa shape index (κ1) is 22.0. The van der Waals surface area contributed by atoms with Crippen LogP contribution in [0.4, 0.5) is 29.2 Å². The molecule has 11 heteroatoms. The Hall–Kier alpha value is -3.24. The maximum absolute atomic E-state index is 14.3. The highest BCUT2D eigenvalue weighted by atomic mass is 19.4. The van der Waals surface area contributed by atoms with E-state index in [1.165, 1.54) is 12.3 Å².